The molecule has 2 aliphatic rings. The predicted octanol–water partition coefficient (Wildman–Crippen LogP) is 1.19. The Kier molecular flexibility index (Phi) is 8.88. The number of benzene rings is 2. The summed E-state index contributed by atoms with van der Waals surface area (Å²) in [6.07, 6.45) is 0.110. The van der Waals surface area contributed by atoms with Crippen LogP contribution in [0, 0.1) is 18.8 Å². The Morgan fingerprint density at radius 3 is 2.41 bits per heavy atom. The highest BCUT2D eigenvalue weighted by Gasteiger charge is 2.45. The van der Waals surface area contributed by atoms with Gasteiger partial charge in [0.1, 0.15) is 12.6 Å². The zero-order chi connectivity index (χ0) is 28.0. The maximum absolute atomic E-state index is 13.0. The quantitative estimate of drug-likeness (QED) is 0.198. The van der Waals surface area contributed by atoms with E-state index in [1.54, 1.807) is 24.3 Å². The van der Waals surface area contributed by atoms with E-state index in [1.165, 1.54) is 18.2 Å². The minimum Gasteiger partial charge on any atom is -0.377 e. The number of imide groups is 2. The highest BCUT2D eigenvalue weighted by Crippen LogP contribution is 2.29. The maximum atomic E-state index is 13.0. The first-order valence-electron chi connectivity index (χ1n) is 12.1. The Hall–Kier alpha value is -3.89. The van der Waals surface area contributed by atoms with Crippen LogP contribution >= 0.6 is 0 Å². The van der Waals surface area contributed by atoms with Crippen LogP contribution in [0.5, 0.6) is 0 Å². The van der Waals surface area contributed by atoms with E-state index in [9.17, 15) is 27.6 Å². The maximum Gasteiger partial charge on any atom is 0.297 e. The molecule has 11 nitrogen and oxygen atoms in total. The highest BCUT2D eigenvalue weighted by molar-refractivity contribution is 7.86. The molecular weight excluding hydrogens is 528 g/mol. The monoisotopic (exact) mass is 554 g/mol. The first kappa shape index (κ1) is 28.1. The van der Waals surface area contributed by atoms with Crippen molar-refractivity contribution in [3.8, 4) is 11.8 Å². The number of ether oxygens (including phenoxy) is 2. The van der Waals surface area contributed by atoms with E-state index < -0.39 is 39.8 Å². The van der Waals surface area contributed by atoms with E-state index in [-0.39, 0.29) is 61.9 Å². The molecule has 2 aromatic carbocycles. The minimum atomic E-state index is -3.85. The van der Waals surface area contributed by atoms with Gasteiger partial charge in [0.05, 0.1) is 42.4 Å². The summed E-state index contributed by atoms with van der Waals surface area (Å²) >= 11 is 0. The van der Waals surface area contributed by atoms with E-state index in [0.717, 1.165) is 10.5 Å². The molecule has 0 spiro atoms. The summed E-state index contributed by atoms with van der Waals surface area (Å²) in [6.45, 7) is 2.16. The molecule has 2 aliphatic heterocycles. The lowest BCUT2D eigenvalue weighted by Crippen LogP contribution is -2.54. The topological polar surface area (TPSA) is 145 Å². The number of aryl methyl sites for hydroxylation is 1. The second kappa shape index (κ2) is 12.3. The number of piperidine rings is 1. The van der Waals surface area contributed by atoms with Crippen LogP contribution in [0.3, 0.4) is 0 Å². The van der Waals surface area contributed by atoms with Crippen LogP contribution in [0.15, 0.2) is 47.4 Å². The van der Waals surface area contributed by atoms with Crippen LogP contribution in [-0.4, -0.2) is 76.0 Å². The molecule has 2 heterocycles. The molecule has 0 aromatic heterocycles. The largest absolute Gasteiger partial charge is 0.377 e. The molecular formula is C27H26N2O9S. The zero-order valence-corrected chi connectivity index (χ0v) is 21.9. The van der Waals surface area contributed by atoms with Crippen LogP contribution in [0.1, 0.15) is 44.7 Å². The summed E-state index contributed by atoms with van der Waals surface area (Å²) in [5.74, 6) is 3.26. The third-order valence-corrected chi connectivity index (χ3v) is 7.34. The van der Waals surface area contributed by atoms with Gasteiger partial charge in [0.15, 0.2) is 0 Å². The summed E-state index contributed by atoms with van der Waals surface area (Å²) in [6, 6.07) is 9.97. The lowest BCUT2D eigenvalue weighted by molar-refractivity contribution is -0.136. The number of carbonyl (C=O) groups excluding carboxylic acids is 4. The number of nitrogens with zero attached hydrogens (tertiary/aromatic N) is 1. The number of nitrogens with one attached hydrogen (secondary N) is 1. The van der Waals surface area contributed by atoms with Gasteiger partial charge in [-0.25, -0.2) is 0 Å². The average Bonchev–Trinajstić information content (AvgIpc) is 3.15. The molecule has 1 unspecified atom stereocenters. The third kappa shape index (κ3) is 6.58. The molecule has 1 saturated heterocycles. The van der Waals surface area contributed by atoms with Crippen molar-refractivity contribution < 1.29 is 41.3 Å². The standard InChI is InChI=1S/C27H26N2O9S/c1-18-7-9-20(10-8-18)39(34,35)38-17-16-37-15-14-36-13-3-5-19-4-2-6-21-24(19)27(33)29(26(21)32)22-11-12-23(30)28-25(22)31/h2,4,6-10,22H,11-17H2,1H3,(H,28,30,31). The Morgan fingerprint density at radius 2 is 1.67 bits per heavy atom. The van der Waals surface area contributed by atoms with Gasteiger partial charge in [-0.1, -0.05) is 35.6 Å². The number of carbonyl (C=O) groups is 4. The molecule has 12 heteroatoms. The van der Waals surface area contributed by atoms with Crippen molar-refractivity contribution >= 4 is 33.7 Å². The Balaban J connectivity index is 1.21. The average molecular weight is 555 g/mol. The Morgan fingerprint density at radius 1 is 0.949 bits per heavy atom. The molecule has 39 heavy (non-hydrogen) atoms. The molecule has 1 atom stereocenters. The van der Waals surface area contributed by atoms with Crippen LogP contribution in [0.25, 0.3) is 0 Å². The predicted molar refractivity (Wildman–Crippen MR) is 136 cm³/mol. The zero-order valence-electron chi connectivity index (χ0n) is 21.1. The molecule has 4 rings (SSSR count). The van der Waals surface area contributed by atoms with Crippen molar-refractivity contribution in [1.29, 1.82) is 0 Å². The molecule has 204 valence electrons. The Bertz CT molecular complexity index is 1460. The molecule has 4 amide bonds. The Labute approximate surface area is 225 Å². The van der Waals surface area contributed by atoms with Gasteiger partial charge < -0.3 is 9.47 Å². The minimum absolute atomic E-state index is 0.0182. The van der Waals surface area contributed by atoms with Crippen LogP contribution in [-0.2, 0) is 33.4 Å². The summed E-state index contributed by atoms with van der Waals surface area (Å²) < 4.78 is 39.9. The SMILES string of the molecule is Cc1ccc(S(=O)(=O)OCCOCCOCC#Cc2cccc3c2C(=O)N(C2CCC(=O)NC2=O)C3=O)cc1. The van der Waals surface area contributed by atoms with E-state index in [4.69, 9.17) is 13.7 Å². The van der Waals surface area contributed by atoms with Gasteiger partial charge in [-0.15, -0.1) is 0 Å². The number of hydrogen-bond donors (Lipinski definition) is 1. The third-order valence-electron chi connectivity index (χ3n) is 6.01. The van der Waals surface area contributed by atoms with E-state index in [1.807, 2.05) is 6.92 Å². The van der Waals surface area contributed by atoms with Crippen molar-refractivity contribution in [2.45, 2.75) is 30.7 Å². The van der Waals surface area contributed by atoms with E-state index in [0.29, 0.717) is 5.56 Å². The van der Waals surface area contributed by atoms with Gasteiger partial charge in [-0.05, 0) is 37.6 Å². The van der Waals surface area contributed by atoms with E-state index >= 15 is 0 Å². The second-order valence-electron chi connectivity index (χ2n) is 8.73. The summed E-state index contributed by atoms with van der Waals surface area (Å²) in [7, 11) is -3.85. The summed E-state index contributed by atoms with van der Waals surface area (Å²) in [5, 5.41) is 2.16. The first-order valence-corrected chi connectivity index (χ1v) is 13.5. The van der Waals surface area contributed by atoms with Gasteiger partial charge in [-0.3, -0.25) is 33.6 Å². The van der Waals surface area contributed by atoms with Crippen molar-refractivity contribution in [3.63, 3.8) is 0 Å². The fourth-order valence-electron chi connectivity index (χ4n) is 4.07. The number of amides is 4. The molecule has 0 bridgehead atoms. The molecule has 1 fully saturated rings. The van der Waals surface area contributed by atoms with Gasteiger partial charge in [-0.2, -0.15) is 8.42 Å². The lowest BCUT2D eigenvalue weighted by Gasteiger charge is -2.27. The van der Waals surface area contributed by atoms with Gasteiger partial charge in [0, 0.05) is 12.0 Å². The van der Waals surface area contributed by atoms with E-state index in [2.05, 4.69) is 17.2 Å². The summed E-state index contributed by atoms with van der Waals surface area (Å²) in [5.41, 5.74) is 1.53. The van der Waals surface area contributed by atoms with Gasteiger partial charge in [0.2, 0.25) is 11.8 Å². The number of rotatable bonds is 10. The van der Waals surface area contributed by atoms with Crippen LogP contribution in [0.2, 0.25) is 0 Å². The van der Waals surface area contributed by atoms with Crippen molar-refractivity contribution in [2.24, 2.45) is 0 Å². The van der Waals surface area contributed by atoms with Crippen LogP contribution < -0.4 is 5.32 Å². The first-order chi connectivity index (χ1) is 18.7. The van der Waals surface area contributed by atoms with Gasteiger partial charge in [0.25, 0.3) is 21.9 Å². The molecule has 0 radical (unpaired) electrons. The molecule has 2 aromatic rings. The second-order valence-corrected chi connectivity index (χ2v) is 10.3. The fourth-order valence-corrected chi connectivity index (χ4v) is 4.96. The molecule has 0 saturated carbocycles. The number of fused-ring (bicyclic) bond motifs is 1. The fraction of sp³-hybridized carbons (Fsp3) is 0.333. The normalized spacial score (nSPS) is 17.1. The smallest absolute Gasteiger partial charge is 0.297 e. The van der Waals surface area contributed by atoms with Crippen molar-refractivity contribution in [3.05, 3.63) is 64.7 Å². The lowest BCUT2D eigenvalue weighted by atomic mass is 10.0. The molecule has 1 N–H and O–H groups in total. The highest BCUT2D eigenvalue weighted by atomic mass is 32.2. The summed E-state index contributed by atoms with van der Waals surface area (Å²) in [4.78, 5) is 50.5. The van der Waals surface area contributed by atoms with Gasteiger partial charge >= 0.3 is 0 Å². The number of hydrogen-bond acceptors (Lipinski definition) is 9. The van der Waals surface area contributed by atoms with Crippen molar-refractivity contribution in [1.82, 2.24) is 10.2 Å². The molecule has 0 aliphatic carbocycles. The van der Waals surface area contributed by atoms with Crippen molar-refractivity contribution in [2.75, 3.05) is 33.0 Å². The van der Waals surface area contributed by atoms with Crippen LogP contribution in [0.4, 0.5) is 0 Å².